The summed E-state index contributed by atoms with van der Waals surface area (Å²) < 4.78 is 0. The van der Waals surface area contributed by atoms with Gasteiger partial charge in [0.05, 0.1) is 5.54 Å². The summed E-state index contributed by atoms with van der Waals surface area (Å²) in [5.41, 5.74) is 1.23. The molecule has 2 heterocycles. The second kappa shape index (κ2) is 6.54. The zero-order valence-electron chi connectivity index (χ0n) is 13.6. The Morgan fingerprint density at radius 3 is 2.55 bits per heavy atom. The fourth-order valence-electron chi connectivity index (χ4n) is 3.22. The molecule has 2 rings (SSSR count). The average Bonchev–Trinajstić information content (AvgIpc) is 2.68. The van der Waals surface area contributed by atoms with E-state index in [4.69, 9.17) is 4.98 Å². The van der Waals surface area contributed by atoms with Gasteiger partial charge >= 0.3 is 0 Å². The molecule has 0 spiro atoms. The minimum atomic E-state index is 0.0801. The van der Waals surface area contributed by atoms with Crippen molar-refractivity contribution >= 4 is 11.3 Å². The topological polar surface area (TPSA) is 28.2 Å². The lowest BCUT2D eigenvalue weighted by atomic mass is 9.90. The Morgan fingerprint density at radius 1 is 1.25 bits per heavy atom. The molecule has 1 fully saturated rings. The standard InChI is InChI=1S/C16H29N3S/c1-12(2)18-16(15-17-14(5)11-20-15)7-6-9-19(10-8-16)13(3)4/h11-13,18H,6-10H2,1-5H3. The van der Waals surface area contributed by atoms with Crippen molar-refractivity contribution in [2.75, 3.05) is 13.1 Å². The number of nitrogens with zero attached hydrogens (tertiary/aromatic N) is 2. The molecule has 1 saturated heterocycles. The van der Waals surface area contributed by atoms with E-state index in [0.717, 1.165) is 18.7 Å². The van der Waals surface area contributed by atoms with Crippen LogP contribution in [0.25, 0.3) is 0 Å². The SMILES string of the molecule is Cc1csc(C2(NC(C)C)CCCN(C(C)C)CC2)n1. The molecule has 1 atom stereocenters. The number of rotatable bonds is 4. The molecule has 0 aliphatic carbocycles. The Kier molecular flexibility index (Phi) is 5.21. The quantitative estimate of drug-likeness (QED) is 0.921. The Labute approximate surface area is 127 Å². The van der Waals surface area contributed by atoms with Crippen LogP contribution in [0.5, 0.6) is 0 Å². The molecular weight excluding hydrogens is 266 g/mol. The van der Waals surface area contributed by atoms with Crippen molar-refractivity contribution in [3.63, 3.8) is 0 Å². The maximum atomic E-state index is 4.81. The van der Waals surface area contributed by atoms with Crippen molar-refractivity contribution in [2.24, 2.45) is 0 Å². The minimum Gasteiger partial charge on any atom is -0.303 e. The Bertz CT molecular complexity index is 427. The second-order valence-electron chi connectivity index (χ2n) is 6.66. The Hall–Kier alpha value is -0.450. The van der Waals surface area contributed by atoms with Gasteiger partial charge in [-0.25, -0.2) is 4.98 Å². The third-order valence-electron chi connectivity index (χ3n) is 4.20. The molecule has 3 nitrogen and oxygen atoms in total. The molecule has 0 saturated carbocycles. The van der Waals surface area contributed by atoms with Gasteiger partial charge in [-0.2, -0.15) is 0 Å². The van der Waals surface area contributed by atoms with E-state index >= 15 is 0 Å². The van der Waals surface area contributed by atoms with Crippen molar-refractivity contribution in [2.45, 2.75) is 71.5 Å². The van der Waals surface area contributed by atoms with Gasteiger partial charge in [-0.3, -0.25) is 0 Å². The van der Waals surface area contributed by atoms with Gasteiger partial charge in [0.1, 0.15) is 5.01 Å². The van der Waals surface area contributed by atoms with E-state index in [0.29, 0.717) is 12.1 Å². The lowest BCUT2D eigenvalue weighted by Gasteiger charge is -2.34. The van der Waals surface area contributed by atoms with Gasteiger partial charge in [0.15, 0.2) is 0 Å². The zero-order chi connectivity index (χ0) is 14.8. The Balaban J connectivity index is 2.24. The van der Waals surface area contributed by atoms with Crippen LogP contribution in [0.1, 0.15) is 57.7 Å². The summed E-state index contributed by atoms with van der Waals surface area (Å²) >= 11 is 1.82. The molecule has 0 amide bonds. The maximum Gasteiger partial charge on any atom is 0.113 e. The highest BCUT2D eigenvalue weighted by atomic mass is 32.1. The molecule has 1 aromatic rings. The summed E-state index contributed by atoms with van der Waals surface area (Å²) in [5.74, 6) is 0. The highest BCUT2D eigenvalue weighted by Crippen LogP contribution is 2.35. The number of thiazole rings is 1. The first-order valence-electron chi connectivity index (χ1n) is 7.87. The summed E-state index contributed by atoms with van der Waals surface area (Å²) in [6, 6.07) is 1.13. The third kappa shape index (κ3) is 3.60. The van der Waals surface area contributed by atoms with Crippen LogP contribution in [0, 0.1) is 6.92 Å². The smallest absolute Gasteiger partial charge is 0.113 e. The van der Waals surface area contributed by atoms with Crippen LogP contribution in [-0.4, -0.2) is 35.1 Å². The highest BCUT2D eigenvalue weighted by molar-refractivity contribution is 7.09. The van der Waals surface area contributed by atoms with Crippen molar-refractivity contribution in [1.82, 2.24) is 15.2 Å². The van der Waals surface area contributed by atoms with E-state index in [2.05, 4.69) is 50.2 Å². The number of likely N-dealkylation sites (tertiary alicyclic amines) is 1. The third-order valence-corrected chi connectivity index (χ3v) is 5.36. The summed E-state index contributed by atoms with van der Waals surface area (Å²) in [5, 5.41) is 7.32. The first-order chi connectivity index (χ1) is 9.43. The molecule has 0 aromatic carbocycles. The summed E-state index contributed by atoms with van der Waals surface area (Å²) in [4.78, 5) is 7.41. The normalized spacial score (nSPS) is 25.4. The average molecular weight is 295 g/mol. The predicted molar refractivity (Wildman–Crippen MR) is 87.4 cm³/mol. The highest BCUT2D eigenvalue weighted by Gasteiger charge is 2.37. The van der Waals surface area contributed by atoms with E-state index in [-0.39, 0.29) is 5.54 Å². The van der Waals surface area contributed by atoms with Crippen LogP contribution < -0.4 is 5.32 Å². The van der Waals surface area contributed by atoms with Crippen LogP contribution in [0.2, 0.25) is 0 Å². The van der Waals surface area contributed by atoms with E-state index in [1.165, 1.54) is 24.4 Å². The van der Waals surface area contributed by atoms with Gasteiger partial charge in [-0.15, -0.1) is 11.3 Å². The van der Waals surface area contributed by atoms with E-state index in [1.807, 2.05) is 11.3 Å². The number of hydrogen-bond donors (Lipinski definition) is 1. The van der Waals surface area contributed by atoms with Gasteiger partial charge in [0.25, 0.3) is 0 Å². The van der Waals surface area contributed by atoms with Crippen LogP contribution >= 0.6 is 11.3 Å². The van der Waals surface area contributed by atoms with E-state index in [1.54, 1.807) is 0 Å². The molecule has 4 heteroatoms. The first-order valence-corrected chi connectivity index (χ1v) is 8.75. The molecule has 0 radical (unpaired) electrons. The van der Waals surface area contributed by atoms with E-state index in [9.17, 15) is 0 Å². The predicted octanol–water partition coefficient (Wildman–Crippen LogP) is 3.54. The number of aromatic nitrogens is 1. The second-order valence-corrected chi connectivity index (χ2v) is 7.52. The van der Waals surface area contributed by atoms with Crippen LogP contribution in [0.3, 0.4) is 0 Å². The molecule has 1 unspecified atom stereocenters. The van der Waals surface area contributed by atoms with Crippen LogP contribution in [0.4, 0.5) is 0 Å². The fourth-order valence-corrected chi connectivity index (χ4v) is 4.24. The molecule has 1 aliphatic rings. The van der Waals surface area contributed by atoms with Gasteiger partial charge in [-0.05, 0) is 60.4 Å². The lowest BCUT2D eigenvalue weighted by Crippen LogP contribution is -2.47. The van der Waals surface area contributed by atoms with Gasteiger partial charge < -0.3 is 10.2 Å². The van der Waals surface area contributed by atoms with Gasteiger partial charge in [0.2, 0.25) is 0 Å². The number of nitrogens with one attached hydrogen (secondary N) is 1. The van der Waals surface area contributed by atoms with Crippen molar-refractivity contribution < 1.29 is 0 Å². The first kappa shape index (κ1) is 15.9. The number of hydrogen-bond acceptors (Lipinski definition) is 4. The molecule has 0 bridgehead atoms. The van der Waals surface area contributed by atoms with Crippen molar-refractivity contribution in [3.8, 4) is 0 Å². The van der Waals surface area contributed by atoms with Gasteiger partial charge in [-0.1, -0.05) is 0 Å². The molecule has 1 aromatic heterocycles. The largest absolute Gasteiger partial charge is 0.303 e. The molecule has 1 N–H and O–H groups in total. The molecule has 20 heavy (non-hydrogen) atoms. The monoisotopic (exact) mass is 295 g/mol. The number of aryl methyl sites for hydroxylation is 1. The Morgan fingerprint density at radius 2 is 2.00 bits per heavy atom. The summed E-state index contributed by atoms with van der Waals surface area (Å²) in [6.45, 7) is 13.6. The fraction of sp³-hybridized carbons (Fsp3) is 0.812. The lowest BCUT2D eigenvalue weighted by molar-refractivity contribution is 0.213. The molecule has 114 valence electrons. The summed E-state index contributed by atoms with van der Waals surface area (Å²) in [6.07, 6.45) is 3.61. The maximum absolute atomic E-state index is 4.81. The summed E-state index contributed by atoms with van der Waals surface area (Å²) in [7, 11) is 0. The zero-order valence-corrected chi connectivity index (χ0v) is 14.4. The van der Waals surface area contributed by atoms with Gasteiger partial charge in [0, 0.05) is 29.7 Å². The van der Waals surface area contributed by atoms with Crippen LogP contribution in [-0.2, 0) is 5.54 Å². The minimum absolute atomic E-state index is 0.0801. The van der Waals surface area contributed by atoms with Crippen molar-refractivity contribution in [1.29, 1.82) is 0 Å². The van der Waals surface area contributed by atoms with E-state index < -0.39 is 0 Å². The van der Waals surface area contributed by atoms with Crippen LogP contribution in [0.15, 0.2) is 5.38 Å². The molecular formula is C16H29N3S. The molecule has 1 aliphatic heterocycles. The van der Waals surface area contributed by atoms with Crippen molar-refractivity contribution in [3.05, 3.63) is 16.1 Å².